The zero-order valence-corrected chi connectivity index (χ0v) is 14.5. The first-order chi connectivity index (χ1) is 11.1. The van der Waals surface area contributed by atoms with E-state index in [4.69, 9.17) is 0 Å². The van der Waals surface area contributed by atoms with Crippen molar-refractivity contribution in [3.8, 4) is 0 Å². The van der Waals surface area contributed by atoms with Crippen molar-refractivity contribution < 1.29 is 4.79 Å². The molecule has 0 radical (unpaired) electrons. The molecule has 0 aromatic carbocycles. The number of hydrogen-bond acceptors (Lipinski definition) is 6. The van der Waals surface area contributed by atoms with Crippen molar-refractivity contribution in [3.63, 3.8) is 0 Å². The van der Waals surface area contributed by atoms with Crippen molar-refractivity contribution in [1.82, 2.24) is 20.2 Å². The number of piperidine rings is 1. The number of likely N-dealkylation sites (N-methyl/N-ethyl adjacent to an activating group) is 1. The summed E-state index contributed by atoms with van der Waals surface area (Å²) in [5, 5.41) is 4.02. The fraction of sp³-hybridized carbons (Fsp3) is 0.562. The predicted octanol–water partition coefficient (Wildman–Crippen LogP) is 1.59. The monoisotopic (exact) mass is 333 g/mol. The van der Waals surface area contributed by atoms with E-state index in [0.717, 1.165) is 48.0 Å². The maximum absolute atomic E-state index is 12.3. The second-order valence-corrected chi connectivity index (χ2v) is 7.16. The lowest BCUT2D eigenvalue weighted by molar-refractivity contribution is -0.125. The third kappa shape index (κ3) is 3.97. The summed E-state index contributed by atoms with van der Waals surface area (Å²) in [7, 11) is 4.02. The fourth-order valence-corrected chi connectivity index (χ4v) is 3.75. The molecule has 1 aliphatic rings. The molecule has 2 aromatic heterocycles. The first-order valence-corrected chi connectivity index (χ1v) is 8.84. The number of nitrogens with one attached hydrogen (secondary N) is 1. The highest BCUT2D eigenvalue weighted by molar-refractivity contribution is 7.21. The van der Waals surface area contributed by atoms with Gasteiger partial charge in [-0.1, -0.05) is 11.3 Å². The number of rotatable bonds is 5. The van der Waals surface area contributed by atoms with Crippen LogP contribution in [0.3, 0.4) is 0 Å². The van der Waals surface area contributed by atoms with Gasteiger partial charge in [0.1, 0.15) is 10.3 Å². The Balaban J connectivity index is 1.62. The van der Waals surface area contributed by atoms with E-state index in [-0.39, 0.29) is 11.8 Å². The quantitative estimate of drug-likeness (QED) is 0.900. The molecule has 3 heterocycles. The summed E-state index contributed by atoms with van der Waals surface area (Å²) in [6, 6.07) is 3.89. The van der Waals surface area contributed by atoms with E-state index >= 15 is 0 Å². The summed E-state index contributed by atoms with van der Waals surface area (Å²) in [5.74, 6) is 0.210. The Morgan fingerprint density at radius 3 is 3.17 bits per heavy atom. The first-order valence-electron chi connectivity index (χ1n) is 8.02. The minimum absolute atomic E-state index is 0.0471. The molecule has 2 aromatic rings. The van der Waals surface area contributed by atoms with E-state index in [1.54, 1.807) is 17.5 Å². The molecule has 23 heavy (non-hydrogen) atoms. The normalized spacial score (nSPS) is 18.6. The van der Waals surface area contributed by atoms with E-state index < -0.39 is 0 Å². The van der Waals surface area contributed by atoms with Crippen LogP contribution in [0.1, 0.15) is 12.8 Å². The van der Waals surface area contributed by atoms with Gasteiger partial charge in [0.25, 0.3) is 0 Å². The highest BCUT2D eigenvalue weighted by atomic mass is 32.1. The number of hydrogen-bond donors (Lipinski definition) is 1. The van der Waals surface area contributed by atoms with Crippen LogP contribution >= 0.6 is 11.3 Å². The van der Waals surface area contributed by atoms with Crippen molar-refractivity contribution >= 4 is 32.7 Å². The third-order valence-electron chi connectivity index (χ3n) is 4.08. The highest BCUT2D eigenvalue weighted by Crippen LogP contribution is 2.30. The minimum Gasteiger partial charge on any atom is -0.355 e. The van der Waals surface area contributed by atoms with Crippen LogP contribution in [-0.4, -0.2) is 61.0 Å². The Morgan fingerprint density at radius 1 is 1.52 bits per heavy atom. The number of anilines is 1. The van der Waals surface area contributed by atoms with Crippen LogP contribution in [-0.2, 0) is 4.79 Å². The van der Waals surface area contributed by atoms with Crippen LogP contribution in [0, 0.1) is 5.92 Å². The molecule has 1 N–H and O–H groups in total. The van der Waals surface area contributed by atoms with Crippen molar-refractivity contribution in [2.24, 2.45) is 5.92 Å². The molecule has 6 nitrogen and oxygen atoms in total. The van der Waals surface area contributed by atoms with Gasteiger partial charge in [-0.2, -0.15) is 0 Å². The van der Waals surface area contributed by atoms with Gasteiger partial charge in [-0.05, 0) is 39.1 Å². The molecule has 7 heteroatoms. The average molecular weight is 333 g/mol. The molecule has 0 saturated carbocycles. The number of thiazole rings is 1. The van der Waals surface area contributed by atoms with Crippen LogP contribution in [0.25, 0.3) is 10.3 Å². The minimum atomic E-state index is 0.0471. The van der Waals surface area contributed by atoms with Gasteiger partial charge in [-0.25, -0.2) is 9.97 Å². The van der Waals surface area contributed by atoms with Crippen LogP contribution < -0.4 is 10.2 Å². The number of fused-ring (bicyclic) bond motifs is 1. The summed E-state index contributed by atoms with van der Waals surface area (Å²) in [6.45, 7) is 3.27. The number of nitrogens with zero attached hydrogens (tertiary/aromatic N) is 4. The largest absolute Gasteiger partial charge is 0.355 e. The van der Waals surface area contributed by atoms with Gasteiger partial charge in [-0.3, -0.25) is 4.79 Å². The maximum Gasteiger partial charge on any atom is 0.224 e. The molecule has 1 amide bonds. The van der Waals surface area contributed by atoms with E-state index in [9.17, 15) is 4.79 Å². The lowest BCUT2D eigenvalue weighted by Gasteiger charge is -2.31. The number of aromatic nitrogens is 2. The maximum atomic E-state index is 12.3. The molecule has 124 valence electrons. The van der Waals surface area contributed by atoms with Crippen molar-refractivity contribution in [2.45, 2.75) is 12.8 Å². The second kappa shape index (κ2) is 7.23. The van der Waals surface area contributed by atoms with Crippen molar-refractivity contribution in [1.29, 1.82) is 0 Å². The van der Waals surface area contributed by atoms with Crippen molar-refractivity contribution in [2.75, 3.05) is 45.2 Å². The topological polar surface area (TPSA) is 61.4 Å². The van der Waals surface area contributed by atoms with Crippen LogP contribution in [0.2, 0.25) is 0 Å². The molecular weight excluding hydrogens is 310 g/mol. The highest BCUT2D eigenvalue weighted by Gasteiger charge is 2.27. The molecule has 0 spiro atoms. The fourth-order valence-electron chi connectivity index (χ4n) is 2.81. The molecule has 1 aliphatic heterocycles. The standard InChI is InChI=1S/C16H23N5OS/c1-20(2)10-8-17-14(22)12-5-4-9-21(11-12)16-19-13-6-3-7-18-15(13)23-16/h3,6-7,12H,4-5,8-11H2,1-2H3,(H,17,22). The molecule has 0 aliphatic carbocycles. The van der Waals surface area contributed by atoms with Crippen LogP contribution in [0.5, 0.6) is 0 Å². The van der Waals surface area contributed by atoms with E-state index in [1.807, 2.05) is 26.2 Å². The van der Waals surface area contributed by atoms with E-state index in [1.165, 1.54) is 0 Å². The number of pyridine rings is 1. The Kier molecular flexibility index (Phi) is 5.07. The SMILES string of the molecule is CN(C)CCNC(=O)C1CCCN(c2nc3cccnc3s2)C1. The molecule has 1 fully saturated rings. The Morgan fingerprint density at radius 2 is 2.39 bits per heavy atom. The van der Waals surface area contributed by atoms with E-state index in [0.29, 0.717) is 6.54 Å². The van der Waals surface area contributed by atoms with Gasteiger partial charge in [0.15, 0.2) is 5.13 Å². The molecule has 1 atom stereocenters. The van der Waals surface area contributed by atoms with E-state index in [2.05, 4.69) is 25.1 Å². The molecule has 3 rings (SSSR count). The smallest absolute Gasteiger partial charge is 0.224 e. The van der Waals surface area contributed by atoms with Crippen molar-refractivity contribution in [3.05, 3.63) is 18.3 Å². The number of carbonyl (C=O) groups is 1. The molecule has 1 saturated heterocycles. The Labute approximate surface area is 140 Å². The predicted molar refractivity (Wildman–Crippen MR) is 93.9 cm³/mol. The summed E-state index contributed by atoms with van der Waals surface area (Å²) in [6.07, 6.45) is 3.77. The Bertz CT molecular complexity index is 638. The second-order valence-electron chi connectivity index (χ2n) is 6.20. The van der Waals surface area contributed by atoms with Gasteiger partial charge < -0.3 is 15.1 Å². The summed E-state index contributed by atoms with van der Waals surface area (Å²) < 4.78 is 0. The third-order valence-corrected chi connectivity index (χ3v) is 5.12. The van der Waals surface area contributed by atoms with Crippen LogP contribution in [0.4, 0.5) is 5.13 Å². The average Bonchev–Trinajstić information content (AvgIpc) is 2.98. The lowest BCUT2D eigenvalue weighted by Crippen LogP contribution is -2.44. The molecule has 1 unspecified atom stereocenters. The molecule has 0 bridgehead atoms. The first kappa shape index (κ1) is 16.1. The number of carbonyl (C=O) groups excluding carboxylic acids is 1. The summed E-state index contributed by atoms with van der Waals surface area (Å²) in [5.41, 5.74) is 0.935. The van der Waals surface area contributed by atoms with Gasteiger partial charge in [0, 0.05) is 32.4 Å². The Hall–Kier alpha value is -1.73. The van der Waals surface area contributed by atoms with Crippen LogP contribution in [0.15, 0.2) is 18.3 Å². The lowest BCUT2D eigenvalue weighted by atomic mass is 9.97. The number of amides is 1. The van der Waals surface area contributed by atoms with Gasteiger partial charge >= 0.3 is 0 Å². The zero-order valence-electron chi connectivity index (χ0n) is 13.7. The van der Waals surface area contributed by atoms with Gasteiger partial charge in [0.05, 0.1) is 5.92 Å². The zero-order chi connectivity index (χ0) is 16.2. The van der Waals surface area contributed by atoms with Gasteiger partial charge in [-0.15, -0.1) is 0 Å². The summed E-state index contributed by atoms with van der Waals surface area (Å²) in [4.78, 5) is 26.6. The van der Waals surface area contributed by atoms with Gasteiger partial charge in [0.2, 0.25) is 5.91 Å². The summed E-state index contributed by atoms with van der Waals surface area (Å²) >= 11 is 1.60. The molecular formula is C16H23N5OS.